The Labute approximate surface area is 98.9 Å². The molecule has 0 saturated heterocycles. The van der Waals surface area contributed by atoms with Crippen molar-refractivity contribution < 1.29 is 4.79 Å². The van der Waals surface area contributed by atoms with E-state index in [1.54, 1.807) is 0 Å². The molecular weight excluding hydrogens is 196 g/mol. The van der Waals surface area contributed by atoms with E-state index in [0.29, 0.717) is 0 Å². The zero-order valence-electron chi connectivity index (χ0n) is 10.6. The lowest BCUT2D eigenvalue weighted by Crippen LogP contribution is -2.24. The lowest BCUT2D eigenvalue weighted by molar-refractivity contribution is 0.0823. The predicted octanol–water partition coefficient (Wildman–Crippen LogP) is 4.48. The van der Waals surface area contributed by atoms with E-state index in [9.17, 15) is 4.79 Å². The van der Waals surface area contributed by atoms with Gasteiger partial charge in [-0.3, -0.25) is 4.79 Å². The van der Waals surface area contributed by atoms with Crippen LogP contribution in [0.5, 0.6) is 0 Å². The summed E-state index contributed by atoms with van der Waals surface area (Å²) in [6, 6.07) is 9.61. The van der Waals surface area contributed by atoms with E-state index >= 15 is 0 Å². The highest BCUT2D eigenvalue weighted by Gasteiger charge is 2.27. The van der Waals surface area contributed by atoms with Gasteiger partial charge in [-0.05, 0) is 6.42 Å². The SMILES string of the molecule is CCCCCC(C)(C)C(=O)c1ccccc1. The van der Waals surface area contributed by atoms with Gasteiger partial charge in [0.1, 0.15) is 0 Å². The summed E-state index contributed by atoms with van der Waals surface area (Å²) in [5.41, 5.74) is 0.611. The Morgan fingerprint density at radius 3 is 2.31 bits per heavy atom. The molecular formula is C15H22O. The first-order chi connectivity index (χ1) is 7.58. The summed E-state index contributed by atoms with van der Waals surface area (Å²) in [5, 5.41) is 0. The molecule has 16 heavy (non-hydrogen) atoms. The smallest absolute Gasteiger partial charge is 0.168 e. The lowest BCUT2D eigenvalue weighted by Gasteiger charge is -2.23. The quantitative estimate of drug-likeness (QED) is 0.508. The minimum atomic E-state index is -0.226. The molecule has 88 valence electrons. The van der Waals surface area contributed by atoms with Crippen LogP contribution in [0.3, 0.4) is 0 Å². The third-order valence-corrected chi connectivity index (χ3v) is 3.06. The molecule has 0 aromatic heterocycles. The van der Waals surface area contributed by atoms with Gasteiger partial charge in [0.15, 0.2) is 5.78 Å². The molecule has 0 aliphatic heterocycles. The highest BCUT2D eigenvalue weighted by Crippen LogP contribution is 2.28. The van der Waals surface area contributed by atoms with Gasteiger partial charge in [-0.1, -0.05) is 70.4 Å². The van der Waals surface area contributed by atoms with E-state index < -0.39 is 0 Å². The summed E-state index contributed by atoms with van der Waals surface area (Å²) >= 11 is 0. The molecule has 0 aliphatic rings. The second kappa shape index (κ2) is 5.83. The molecule has 1 aromatic carbocycles. The number of rotatable bonds is 6. The maximum absolute atomic E-state index is 12.3. The van der Waals surface area contributed by atoms with Crippen molar-refractivity contribution in [3.05, 3.63) is 35.9 Å². The number of unbranched alkanes of at least 4 members (excludes halogenated alkanes) is 2. The maximum Gasteiger partial charge on any atom is 0.168 e. The van der Waals surface area contributed by atoms with Crippen molar-refractivity contribution in [2.75, 3.05) is 0 Å². The van der Waals surface area contributed by atoms with Gasteiger partial charge < -0.3 is 0 Å². The number of carbonyl (C=O) groups is 1. The minimum Gasteiger partial charge on any atom is -0.294 e. The van der Waals surface area contributed by atoms with Crippen molar-refractivity contribution in [1.29, 1.82) is 0 Å². The summed E-state index contributed by atoms with van der Waals surface area (Å²) < 4.78 is 0. The van der Waals surface area contributed by atoms with Crippen LogP contribution >= 0.6 is 0 Å². The molecule has 1 heteroatoms. The maximum atomic E-state index is 12.3. The van der Waals surface area contributed by atoms with Crippen LogP contribution in [0, 0.1) is 5.41 Å². The van der Waals surface area contributed by atoms with Crippen molar-refractivity contribution in [1.82, 2.24) is 0 Å². The normalized spacial score (nSPS) is 11.4. The zero-order valence-corrected chi connectivity index (χ0v) is 10.6. The van der Waals surface area contributed by atoms with Crippen LogP contribution in [0.15, 0.2) is 30.3 Å². The molecule has 1 nitrogen and oxygen atoms in total. The Kier molecular flexibility index (Phi) is 4.72. The minimum absolute atomic E-state index is 0.226. The average Bonchev–Trinajstić information content (AvgIpc) is 2.29. The molecule has 0 atom stereocenters. The van der Waals surface area contributed by atoms with Crippen LogP contribution in [0.25, 0.3) is 0 Å². The van der Waals surface area contributed by atoms with Crippen LogP contribution in [-0.4, -0.2) is 5.78 Å². The molecule has 0 heterocycles. The Morgan fingerprint density at radius 1 is 1.12 bits per heavy atom. The summed E-state index contributed by atoms with van der Waals surface area (Å²) in [5.74, 6) is 0.268. The molecule has 1 aromatic rings. The summed E-state index contributed by atoms with van der Waals surface area (Å²) in [4.78, 5) is 12.3. The topological polar surface area (TPSA) is 17.1 Å². The van der Waals surface area contributed by atoms with Crippen LogP contribution in [0.4, 0.5) is 0 Å². The van der Waals surface area contributed by atoms with Gasteiger partial charge in [-0.2, -0.15) is 0 Å². The monoisotopic (exact) mass is 218 g/mol. The van der Waals surface area contributed by atoms with E-state index in [-0.39, 0.29) is 11.2 Å². The van der Waals surface area contributed by atoms with Gasteiger partial charge >= 0.3 is 0 Å². The van der Waals surface area contributed by atoms with Gasteiger partial charge in [0.2, 0.25) is 0 Å². The van der Waals surface area contributed by atoms with E-state index in [0.717, 1.165) is 18.4 Å². The molecule has 0 unspecified atom stereocenters. The first-order valence-corrected chi connectivity index (χ1v) is 6.18. The van der Waals surface area contributed by atoms with Crippen molar-refractivity contribution >= 4 is 5.78 Å². The van der Waals surface area contributed by atoms with Crippen LogP contribution in [0.2, 0.25) is 0 Å². The molecule has 1 rings (SSSR count). The van der Waals surface area contributed by atoms with E-state index in [1.807, 2.05) is 30.3 Å². The summed E-state index contributed by atoms with van der Waals surface area (Å²) in [6.45, 7) is 6.29. The van der Waals surface area contributed by atoms with Crippen molar-refractivity contribution in [2.45, 2.75) is 46.5 Å². The number of benzene rings is 1. The predicted molar refractivity (Wildman–Crippen MR) is 68.7 cm³/mol. The fourth-order valence-corrected chi connectivity index (χ4v) is 1.91. The molecule has 0 spiro atoms. The van der Waals surface area contributed by atoms with E-state index in [4.69, 9.17) is 0 Å². The molecule has 0 N–H and O–H groups in total. The number of ketones is 1. The number of Topliss-reactive ketones (excluding diaryl/α,β-unsaturated/α-hetero) is 1. The van der Waals surface area contributed by atoms with E-state index in [1.165, 1.54) is 12.8 Å². The number of carbonyl (C=O) groups excluding carboxylic acids is 1. The zero-order chi connectivity index (χ0) is 12.0. The number of hydrogen-bond donors (Lipinski definition) is 0. The van der Waals surface area contributed by atoms with Crippen molar-refractivity contribution in [2.24, 2.45) is 5.41 Å². The highest BCUT2D eigenvalue weighted by molar-refractivity contribution is 5.99. The molecule has 0 amide bonds. The van der Waals surface area contributed by atoms with Gasteiger partial charge in [0, 0.05) is 11.0 Å². The molecule has 0 saturated carbocycles. The Balaban J connectivity index is 2.65. The van der Waals surface area contributed by atoms with Crippen LogP contribution in [0.1, 0.15) is 56.8 Å². The largest absolute Gasteiger partial charge is 0.294 e. The molecule has 0 radical (unpaired) electrons. The first kappa shape index (κ1) is 13.0. The molecule has 0 aliphatic carbocycles. The number of hydrogen-bond acceptors (Lipinski definition) is 1. The molecule has 0 bridgehead atoms. The second-order valence-corrected chi connectivity index (χ2v) is 5.04. The van der Waals surface area contributed by atoms with Crippen molar-refractivity contribution in [3.8, 4) is 0 Å². The first-order valence-electron chi connectivity index (χ1n) is 6.18. The average molecular weight is 218 g/mol. The fraction of sp³-hybridized carbons (Fsp3) is 0.533. The second-order valence-electron chi connectivity index (χ2n) is 5.04. The Hall–Kier alpha value is -1.11. The Bertz CT molecular complexity index is 325. The third kappa shape index (κ3) is 3.48. The van der Waals surface area contributed by atoms with Crippen LogP contribution in [-0.2, 0) is 0 Å². The van der Waals surface area contributed by atoms with E-state index in [2.05, 4.69) is 20.8 Å². The van der Waals surface area contributed by atoms with Crippen LogP contribution < -0.4 is 0 Å². The summed E-state index contributed by atoms with van der Waals surface area (Å²) in [6.07, 6.45) is 4.54. The molecule has 0 fully saturated rings. The van der Waals surface area contributed by atoms with Gasteiger partial charge in [0.25, 0.3) is 0 Å². The lowest BCUT2D eigenvalue weighted by atomic mass is 9.80. The highest BCUT2D eigenvalue weighted by atomic mass is 16.1. The summed E-state index contributed by atoms with van der Waals surface area (Å²) in [7, 11) is 0. The van der Waals surface area contributed by atoms with Gasteiger partial charge in [-0.25, -0.2) is 0 Å². The standard InChI is InChI=1S/C15H22O/c1-4-5-9-12-15(2,3)14(16)13-10-7-6-8-11-13/h6-8,10-11H,4-5,9,12H2,1-3H3. The fourth-order valence-electron chi connectivity index (χ4n) is 1.91. The van der Waals surface area contributed by atoms with Crippen molar-refractivity contribution in [3.63, 3.8) is 0 Å². The third-order valence-electron chi connectivity index (χ3n) is 3.06. The van der Waals surface area contributed by atoms with Gasteiger partial charge in [0.05, 0.1) is 0 Å². The Morgan fingerprint density at radius 2 is 1.75 bits per heavy atom. The van der Waals surface area contributed by atoms with Gasteiger partial charge in [-0.15, -0.1) is 0 Å².